The van der Waals surface area contributed by atoms with Crippen LogP contribution in [-0.4, -0.2) is 25.5 Å². The Morgan fingerprint density at radius 2 is 1.83 bits per heavy atom. The molecule has 24 heavy (non-hydrogen) atoms. The number of halogens is 2. The molecule has 1 heterocycles. The second-order valence-corrected chi connectivity index (χ2v) is 7.73. The van der Waals surface area contributed by atoms with Crippen LogP contribution in [0.5, 0.6) is 0 Å². The second-order valence-electron chi connectivity index (χ2n) is 7.73. The monoisotopic (exact) mass is 352 g/mol. The Labute approximate surface area is 149 Å². The molecule has 4 rings (SSSR count). The minimum Gasteiger partial charge on any atom is -0.355 e. The molecule has 3 aliphatic rings. The van der Waals surface area contributed by atoms with E-state index >= 15 is 0 Å². The van der Waals surface area contributed by atoms with Gasteiger partial charge in [-0.1, -0.05) is 18.6 Å². The van der Waals surface area contributed by atoms with Gasteiger partial charge in [0, 0.05) is 17.9 Å². The SMILES string of the molecule is Cl.O=C(NCC1(c2ccc(F)cc2)CCC1)C1CC12CCNCC2. The van der Waals surface area contributed by atoms with Gasteiger partial charge in [0.05, 0.1) is 0 Å². The van der Waals surface area contributed by atoms with E-state index in [-0.39, 0.29) is 40.9 Å². The van der Waals surface area contributed by atoms with E-state index < -0.39 is 0 Å². The van der Waals surface area contributed by atoms with E-state index in [1.807, 2.05) is 12.1 Å². The summed E-state index contributed by atoms with van der Waals surface area (Å²) in [7, 11) is 0. The number of nitrogens with one attached hydrogen (secondary N) is 2. The summed E-state index contributed by atoms with van der Waals surface area (Å²) in [6.07, 6.45) is 6.68. The number of carbonyl (C=O) groups excluding carboxylic acids is 1. The number of amides is 1. The number of benzene rings is 1. The molecule has 2 aliphatic carbocycles. The van der Waals surface area contributed by atoms with Crippen molar-refractivity contribution in [1.82, 2.24) is 10.6 Å². The first-order chi connectivity index (χ1) is 11.1. The molecule has 0 bridgehead atoms. The van der Waals surface area contributed by atoms with Gasteiger partial charge in [0.15, 0.2) is 0 Å². The number of carbonyl (C=O) groups is 1. The largest absolute Gasteiger partial charge is 0.355 e. The summed E-state index contributed by atoms with van der Waals surface area (Å²) < 4.78 is 13.2. The first kappa shape index (κ1) is 17.7. The fourth-order valence-electron chi connectivity index (χ4n) is 4.55. The molecule has 1 atom stereocenters. The van der Waals surface area contributed by atoms with E-state index in [2.05, 4.69) is 10.6 Å². The molecule has 1 unspecified atom stereocenters. The van der Waals surface area contributed by atoms with E-state index in [0.717, 1.165) is 50.8 Å². The Kier molecular flexibility index (Phi) is 4.89. The van der Waals surface area contributed by atoms with Gasteiger partial charge in [0.2, 0.25) is 5.91 Å². The van der Waals surface area contributed by atoms with E-state index in [1.165, 1.54) is 18.6 Å². The third-order valence-electron chi connectivity index (χ3n) is 6.47. The normalized spacial score (nSPS) is 26.1. The van der Waals surface area contributed by atoms with Crippen LogP contribution in [0.25, 0.3) is 0 Å². The summed E-state index contributed by atoms with van der Waals surface area (Å²) in [6.45, 7) is 2.79. The average molecular weight is 353 g/mol. The maximum atomic E-state index is 13.2. The third-order valence-corrected chi connectivity index (χ3v) is 6.47. The highest BCUT2D eigenvalue weighted by Gasteiger charge is 2.57. The molecule has 3 fully saturated rings. The lowest BCUT2D eigenvalue weighted by atomic mass is 9.64. The predicted molar refractivity (Wildman–Crippen MR) is 94.8 cm³/mol. The number of hydrogen-bond donors (Lipinski definition) is 2. The fourth-order valence-corrected chi connectivity index (χ4v) is 4.55. The molecule has 132 valence electrons. The Morgan fingerprint density at radius 1 is 1.17 bits per heavy atom. The Hall–Kier alpha value is -1.13. The van der Waals surface area contributed by atoms with E-state index in [1.54, 1.807) is 0 Å². The zero-order valence-electron chi connectivity index (χ0n) is 13.9. The molecule has 0 radical (unpaired) electrons. The highest BCUT2D eigenvalue weighted by Crippen LogP contribution is 2.58. The van der Waals surface area contributed by atoms with Crippen molar-refractivity contribution in [3.05, 3.63) is 35.6 Å². The zero-order chi connectivity index (χ0) is 15.9. The van der Waals surface area contributed by atoms with Gasteiger partial charge in [-0.2, -0.15) is 0 Å². The van der Waals surface area contributed by atoms with E-state index in [0.29, 0.717) is 6.54 Å². The van der Waals surface area contributed by atoms with Crippen LogP contribution in [0.2, 0.25) is 0 Å². The molecular weight excluding hydrogens is 327 g/mol. The maximum absolute atomic E-state index is 13.2. The average Bonchev–Trinajstić information content (AvgIpc) is 3.21. The highest BCUT2D eigenvalue weighted by atomic mass is 35.5. The lowest BCUT2D eigenvalue weighted by molar-refractivity contribution is -0.123. The standard InChI is InChI=1S/C19H25FN2O.ClH/c20-15-4-2-14(3-5-15)19(6-1-7-19)13-22-17(23)16-12-18(16)8-10-21-11-9-18;/h2-5,16,21H,1,6-13H2,(H,22,23);1H. The molecule has 0 aromatic heterocycles. The maximum Gasteiger partial charge on any atom is 0.223 e. The van der Waals surface area contributed by atoms with Crippen molar-refractivity contribution in [2.24, 2.45) is 11.3 Å². The molecule has 2 saturated carbocycles. The number of hydrogen-bond acceptors (Lipinski definition) is 2. The number of rotatable bonds is 4. The topological polar surface area (TPSA) is 41.1 Å². The Bertz CT molecular complexity index is 594. The molecule has 5 heteroatoms. The lowest BCUT2D eigenvalue weighted by Gasteiger charge is -2.42. The van der Waals surface area contributed by atoms with Gasteiger partial charge in [-0.3, -0.25) is 4.79 Å². The Balaban J connectivity index is 0.00000169. The summed E-state index contributed by atoms with van der Waals surface area (Å²) in [6, 6.07) is 6.82. The van der Waals surface area contributed by atoms with Crippen molar-refractivity contribution >= 4 is 18.3 Å². The summed E-state index contributed by atoms with van der Waals surface area (Å²) >= 11 is 0. The van der Waals surface area contributed by atoms with Crippen molar-refractivity contribution < 1.29 is 9.18 Å². The van der Waals surface area contributed by atoms with Gasteiger partial charge < -0.3 is 10.6 Å². The summed E-state index contributed by atoms with van der Waals surface area (Å²) in [5.74, 6) is 0.258. The Morgan fingerprint density at radius 3 is 2.42 bits per heavy atom. The molecule has 1 aromatic rings. The van der Waals surface area contributed by atoms with Crippen LogP contribution in [0.4, 0.5) is 4.39 Å². The molecule has 2 N–H and O–H groups in total. The summed E-state index contributed by atoms with van der Waals surface area (Å²) in [5, 5.41) is 6.60. The van der Waals surface area contributed by atoms with Crippen molar-refractivity contribution in [2.45, 2.75) is 43.9 Å². The van der Waals surface area contributed by atoms with Crippen LogP contribution >= 0.6 is 12.4 Å². The molecule has 1 saturated heterocycles. The quantitative estimate of drug-likeness (QED) is 0.873. The molecule has 1 aliphatic heterocycles. The summed E-state index contributed by atoms with van der Waals surface area (Å²) in [4.78, 5) is 12.6. The third kappa shape index (κ3) is 3.06. The van der Waals surface area contributed by atoms with Crippen LogP contribution in [0.1, 0.15) is 44.1 Å². The van der Waals surface area contributed by atoms with Gasteiger partial charge in [0.25, 0.3) is 0 Å². The van der Waals surface area contributed by atoms with E-state index in [4.69, 9.17) is 0 Å². The van der Waals surface area contributed by atoms with Crippen LogP contribution in [0, 0.1) is 17.2 Å². The van der Waals surface area contributed by atoms with Crippen molar-refractivity contribution in [2.75, 3.05) is 19.6 Å². The molecule has 1 amide bonds. The van der Waals surface area contributed by atoms with E-state index in [9.17, 15) is 9.18 Å². The van der Waals surface area contributed by atoms with Gasteiger partial charge in [0.1, 0.15) is 5.82 Å². The fraction of sp³-hybridized carbons (Fsp3) is 0.632. The summed E-state index contributed by atoms with van der Waals surface area (Å²) in [5.41, 5.74) is 1.48. The molecule has 3 nitrogen and oxygen atoms in total. The van der Waals surface area contributed by atoms with Crippen molar-refractivity contribution in [3.8, 4) is 0 Å². The molecular formula is C19H26ClFN2O. The number of piperidine rings is 1. The minimum atomic E-state index is -0.196. The van der Waals surface area contributed by atoms with Crippen LogP contribution in [-0.2, 0) is 10.2 Å². The predicted octanol–water partition coefficient (Wildman–Crippen LogP) is 3.18. The van der Waals surface area contributed by atoms with Gasteiger partial charge in [-0.15, -0.1) is 12.4 Å². The smallest absolute Gasteiger partial charge is 0.223 e. The lowest BCUT2D eigenvalue weighted by Crippen LogP contribution is -2.46. The van der Waals surface area contributed by atoms with Crippen LogP contribution in [0.15, 0.2) is 24.3 Å². The zero-order valence-corrected chi connectivity index (χ0v) is 14.8. The molecule has 1 spiro atoms. The van der Waals surface area contributed by atoms with Gasteiger partial charge >= 0.3 is 0 Å². The molecule has 1 aromatic carbocycles. The van der Waals surface area contributed by atoms with Gasteiger partial charge in [-0.05, 0) is 68.3 Å². The van der Waals surface area contributed by atoms with Crippen LogP contribution < -0.4 is 10.6 Å². The minimum absolute atomic E-state index is 0. The van der Waals surface area contributed by atoms with Gasteiger partial charge in [-0.25, -0.2) is 4.39 Å². The first-order valence-electron chi connectivity index (χ1n) is 8.88. The second kappa shape index (κ2) is 6.64. The van der Waals surface area contributed by atoms with Crippen molar-refractivity contribution in [3.63, 3.8) is 0 Å². The highest BCUT2D eigenvalue weighted by molar-refractivity contribution is 5.85. The first-order valence-corrected chi connectivity index (χ1v) is 8.88. The van der Waals surface area contributed by atoms with Crippen LogP contribution in [0.3, 0.4) is 0 Å². The van der Waals surface area contributed by atoms with Crippen molar-refractivity contribution in [1.29, 1.82) is 0 Å².